The Kier molecular flexibility index (Phi) is 7.61. The van der Waals surface area contributed by atoms with Gasteiger partial charge in [0.05, 0.1) is 10.9 Å². The zero-order valence-electron chi connectivity index (χ0n) is 22.9. The van der Waals surface area contributed by atoms with Gasteiger partial charge in [0.2, 0.25) is 11.6 Å². The van der Waals surface area contributed by atoms with Crippen molar-refractivity contribution in [3.8, 4) is 0 Å². The van der Waals surface area contributed by atoms with Gasteiger partial charge in [-0.05, 0) is 68.2 Å². The molecule has 2 aromatic carbocycles. The molecule has 1 amide bonds. The summed E-state index contributed by atoms with van der Waals surface area (Å²) < 4.78 is 138. The topological polar surface area (TPSA) is 91.8 Å². The fraction of sp³-hybridized carbons (Fsp3) is 0.517. The Hall–Kier alpha value is -3.23. The molecule has 44 heavy (non-hydrogen) atoms. The molecule has 0 spiro atoms. The lowest BCUT2D eigenvalue weighted by Crippen LogP contribution is -2.54. The minimum Gasteiger partial charge on any atom is -0.479 e. The van der Waals surface area contributed by atoms with Crippen LogP contribution in [0.1, 0.15) is 55.2 Å². The lowest BCUT2D eigenvalue weighted by atomic mass is 9.76. The first-order chi connectivity index (χ1) is 20.3. The largest absolute Gasteiger partial charge is 0.479 e. The molecule has 2 atom stereocenters. The zero-order valence-corrected chi connectivity index (χ0v) is 23.7. The van der Waals surface area contributed by atoms with Gasteiger partial charge >= 0.3 is 24.0 Å². The third-order valence-electron chi connectivity index (χ3n) is 9.39. The van der Waals surface area contributed by atoms with Crippen LogP contribution in [0.15, 0.2) is 53.4 Å². The first-order valence-corrected chi connectivity index (χ1v) is 15.3. The van der Waals surface area contributed by atoms with Crippen LogP contribution in [-0.4, -0.2) is 60.9 Å². The summed E-state index contributed by atoms with van der Waals surface area (Å²) in [5, 5.41) is 9.19. The number of hydrogen-bond acceptors (Lipinski definition) is 4. The lowest BCUT2D eigenvalue weighted by molar-refractivity contribution is -0.348. The smallest absolute Gasteiger partial charge is 0.435 e. The van der Waals surface area contributed by atoms with Gasteiger partial charge < -0.3 is 10.0 Å². The van der Waals surface area contributed by atoms with Gasteiger partial charge in [-0.1, -0.05) is 36.4 Å². The molecule has 5 rings (SSSR count). The van der Waals surface area contributed by atoms with E-state index in [0.29, 0.717) is 12.1 Å². The monoisotopic (exact) mass is 653 g/mol. The van der Waals surface area contributed by atoms with Crippen LogP contribution in [0.3, 0.4) is 0 Å². The number of nitrogens with zero attached hydrogens (tertiary/aromatic N) is 1. The summed E-state index contributed by atoms with van der Waals surface area (Å²) >= 11 is 0. The number of aliphatic carboxylic acids is 1. The lowest BCUT2D eigenvalue weighted by Gasteiger charge is -2.44. The summed E-state index contributed by atoms with van der Waals surface area (Å²) in [6.45, 7) is -0.148. The van der Waals surface area contributed by atoms with Gasteiger partial charge in [0, 0.05) is 18.0 Å². The summed E-state index contributed by atoms with van der Waals surface area (Å²) in [5.74, 6) is -3.00. The number of likely N-dealkylation sites (tertiary alicyclic amines) is 1. The molecule has 0 unspecified atom stereocenters. The molecule has 0 bridgehead atoms. The van der Waals surface area contributed by atoms with Crippen molar-refractivity contribution in [3.05, 3.63) is 65.2 Å². The SMILES string of the molecule is O=C([C@H]1CC[C@](F)(C(=O)O)CC1)N1CC[C@@]2(S(=O)(=O)c3ccccc3)c3ccc(C(F)(C(F)(F)F)C(F)(F)F)cc3CC[C@@H]12. The highest BCUT2D eigenvalue weighted by atomic mass is 32.2. The van der Waals surface area contributed by atoms with E-state index in [4.69, 9.17) is 0 Å². The number of amides is 1. The number of rotatable bonds is 5. The van der Waals surface area contributed by atoms with E-state index >= 15 is 0 Å². The highest BCUT2D eigenvalue weighted by Gasteiger charge is 2.74. The molecule has 15 heteroatoms. The van der Waals surface area contributed by atoms with Crippen LogP contribution in [0.5, 0.6) is 0 Å². The van der Waals surface area contributed by atoms with E-state index in [9.17, 15) is 58.2 Å². The first kappa shape index (κ1) is 32.2. The molecular weight excluding hydrogens is 626 g/mol. The van der Waals surface area contributed by atoms with Crippen LogP contribution in [0.4, 0.5) is 35.1 Å². The van der Waals surface area contributed by atoms with Gasteiger partial charge in [0.15, 0.2) is 9.84 Å². The summed E-state index contributed by atoms with van der Waals surface area (Å²) in [5.41, 5.74) is -10.3. The van der Waals surface area contributed by atoms with Crippen molar-refractivity contribution in [2.45, 2.75) is 84.3 Å². The molecule has 1 N–H and O–H groups in total. The highest BCUT2D eigenvalue weighted by molar-refractivity contribution is 7.92. The van der Waals surface area contributed by atoms with E-state index in [1.165, 1.54) is 29.2 Å². The molecule has 6 nitrogen and oxygen atoms in total. The fourth-order valence-corrected chi connectivity index (χ4v) is 9.46. The average Bonchev–Trinajstić information content (AvgIpc) is 3.37. The van der Waals surface area contributed by atoms with Crippen LogP contribution in [0.2, 0.25) is 0 Å². The van der Waals surface area contributed by atoms with Crippen molar-refractivity contribution >= 4 is 21.7 Å². The van der Waals surface area contributed by atoms with Crippen LogP contribution < -0.4 is 0 Å². The summed E-state index contributed by atoms with van der Waals surface area (Å²) in [6.07, 6.45) is -14.5. The second-order valence-electron chi connectivity index (χ2n) is 11.6. The first-order valence-electron chi connectivity index (χ1n) is 13.8. The van der Waals surface area contributed by atoms with E-state index in [1.807, 2.05) is 0 Å². The maximum Gasteiger partial charge on any atom is 0.435 e. The van der Waals surface area contributed by atoms with Gasteiger partial charge in [0.25, 0.3) is 0 Å². The summed E-state index contributed by atoms with van der Waals surface area (Å²) in [7, 11) is -4.48. The molecule has 1 saturated heterocycles. The maximum atomic E-state index is 15.0. The van der Waals surface area contributed by atoms with Crippen molar-refractivity contribution < 1.29 is 58.2 Å². The number of sulfone groups is 1. The molecule has 1 saturated carbocycles. The second-order valence-corrected chi connectivity index (χ2v) is 13.8. The molecule has 1 aliphatic heterocycles. The standard InChI is InChI=1S/C29H27F8NO5S/c30-25(24(40)41)12-10-17(11-13-25)23(39)38-15-14-26(44(42,43)20-4-2-1-3-5-20)21-8-7-19(16-18(21)6-9-22(26)38)27(31,28(32,33)34)29(35,36)37/h1-5,7-8,16-17,22H,6,9-15H2,(H,40,41)/t17-,22-,25+,26-/m1/s1. The van der Waals surface area contributed by atoms with Crippen molar-refractivity contribution in [2.75, 3.05) is 6.54 Å². The van der Waals surface area contributed by atoms with Gasteiger partial charge in [0.1, 0.15) is 4.75 Å². The number of halogens is 8. The van der Waals surface area contributed by atoms with Crippen LogP contribution in [0.25, 0.3) is 0 Å². The number of benzene rings is 2. The van der Waals surface area contributed by atoms with E-state index in [1.54, 1.807) is 6.07 Å². The third kappa shape index (κ3) is 4.59. The molecule has 0 radical (unpaired) electrons. The number of carboxylic acid groups (broad SMARTS) is 1. The average molecular weight is 654 g/mol. The number of alkyl halides is 8. The van der Waals surface area contributed by atoms with Crippen LogP contribution >= 0.6 is 0 Å². The number of aryl methyl sites for hydroxylation is 1. The Morgan fingerprint density at radius 2 is 1.45 bits per heavy atom. The van der Waals surface area contributed by atoms with Crippen molar-refractivity contribution in [3.63, 3.8) is 0 Å². The second kappa shape index (κ2) is 10.4. The molecule has 1 heterocycles. The minimum atomic E-state index is -6.36. The quantitative estimate of drug-likeness (QED) is 0.390. The normalized spacial score (nSPS) is 27.9. The maximum absolute atomic E-state index is 15.0. The Bertz CT molecular complexity index is 1550. The van der Waals surface area contributed by atoms with Gasteiger partial charge in [-0.3, -0.25) is 4.79 Å². The zero-order chi connectivity index (χ0) is 32.5. The van der Waals surface area contributed by atoms with Gasteiger partial charge in [-0.25, -0.2) is 22.0 Å². The molecular formula is C29H27F8NO5S. The number of fused-ring (bicyclic) bond motifs is 3. The number of carbonyl (C=O) groups is 2. The minimum absolute atomic E-state index is 0.114. The van der Waals surface area contributed by atoms with Crippen molar-refractivity contribution in [1.29, 1.82) is 0 Å². The molecule has 2 fully saturated rings. The van der Waals surface area contributed by atoms with E-state index in [-0.39, 0.29) is 54.7 Å². The Labute approximate surface area is 247 Å². The van der Waals surface area contributed by atoms with E-state index in [0.717, 1.165) is 6.07 Å². The molecule has 2 aliphatic carbocycles. The predicted octanol–water partition coefficient (Wildman–Crippen LogP) is 6.18. The van der Waals surface area contributed by atoms with Crippen molar-refractivity contribution in [1.82, 2.24) is 4.90 Å². The molecule has 3 aliphatic rings. The van der Waals surface area contributed by atoms with Crippen LogP contribution in [-0.2, 0) is 36.3 Å². The van der Waals surface area contributed by atoms with Crippen LogP contribution in [0, 0.1) is 5.92 Å². The van der Waals surface area contributed by atoms with Gasteiger partial charge in [-0.2, -0.15) is 26.3 Å². The molecule has 2 aromatic rings. The van der Waals surface area contributed by atoms with Crippen molar-refractivity contribution in [2.24, 2.45) is 5.92 Å². The highest BCUT2D eigenvalue weighted by Crippen LogP contribution is 2.57. The van der Waals surface area contributed by atoms with E-state index in [2.05, 4.69) is 0 Å². The molecule has 240 valence electrons. The fourth-order valence-electron chi connectivity index (χ4n) is 7.07. The Balaban J connectivity index is 1.61. The Morgan fingerprint density at radius 1 is 0.864 bits per heavy atom. The van der Waals surface area contributed by atoms with Gasteiger partial charge in [-0.15, -0.1) is 0 Å². The number of hydrogen-bond donors (Lipinski definition) is 1. The Morgan fingerprint density at radius 3 is 2.00 bits per heavy atom. The summed E-state index contributed by atoms with van der Waals surface area (Å²) in [6, 6.07) is 7.35. The third-order valence-corrected chi connectivity index (χ3v) is 11.9. The van der Waals surface area contributed by atoms with E-state index < -0.39 is 80.5 Å². The number of carbonyl (C=O) groups excluding carboxylic acids is 1. The number of carboxylic acids is 1. The molecule has 0 aromatic heterocycles. The predicted molar refractivity (Wildman–Crippen MR) is 139 cm³/mol. The summed E-state index contributed by atoms with van der Waals surface area (Å²) in [4.78, 5) is 26.1.